The van der Waals surface area contributed by atoms with Crippen LogP contribution < -0.4 is 9.47 Å². The van der Waals surface area contributed by atoms with Crippen molar-refractivity contribution in [3.05, 3.63) is 72.2 Å². The van der Waals surface area contributed by atoms with Gasteiger partial charge in [-0.2, -0.15) is 9.49 Å². The van der Waals surface area contributed by atoms with Crippen LogP contribution in [-0.2, 0) is 22.6 Å². The molecule has 0 radical (unpaired) electrons. The molecule has 1 saturated heterocycles. The molecule has 2 aliphatic rings. The highest BCUT2D eigenvalue weighted by atomic mass is 19.1. The van der Waals surface area contributed by atoms with E-state index < -0.39 is 5.82 Å². The van der Waals surface area contributed by atoms with E-state index >= 15 is 0 Å². The Labute approximate surface area is 214 Å². The van der Waals surface area contributed by atoms with Gasteiger partial charge >= 0.3 is 0 Å². The van der Waals surface area contributed by atoms with Crippen LogP contribution >= 0.6 is 0 Å². The lowest BCUT2D eigenvalue weighted by atomic mass is 10.0. The zero-order valence-electron chi connectivity index (χ0n) is 20.9. The molecule has 1 aromatic heterocycles. The number of amides is 2. The molecule has 2 aliphatic heterocycles. The Balaban J connectivity index is 1.45. The fraction of sp³-hybridized carbons (Fsp3) is 0.321. The summed E-state index contributed by atoms with van der Waals surface area (Å²) in [4.78, 5) is 27.9. The Kier molecular flexibility index (Phi) is 6.69. The van der Waals surface area contributed by atoms with E-state index in [-0.39, 0.29) is 29.4 Å². The zero-order valence-corrected chi connectivity index (χ0v) is 20.9. The van der Waals surface area contributed by atoms with E-state index in [1.54, 1.807) is 36.1 Å². The second-order valence-electron chi connectivity index (χ2n) is 9.24. The normalized spacial score (nSPS) is 16.9. The molecule has 0 aliphatic carbocycles. The van der Waals surface area contributed by atoms with Crippen molar-refractivity contribution in [2.75, 3.05) is 26.7 Å². The average Bonchev–Trinajstić information content (AvgIpc) is 3.55. The Hall–Kier alpha value is -4.14. The number of nitrogens with zero attached hydrogens (tertiary/aromatic N) is 4. The summed E-state index contributed by atoms with van der Waals surface area (Å²) in [6, 6.07) is 12.1. The number of hydrogen-bond donors (Lipinski definition) is 0. The number of hydrogen-bond acceptors (Lipinski definition) is 5. The number of benzene rings is 2. The Morgan fingerprint density at radius 1 is 1.11 bits per heavy atom. The zero-order chi connectivity index (χ0) is 26.1. The van der Waals surface area contributed by atoms with Crippen LogP contribution in [0.3, 0.4) is 0 Å². The minimum atomic E-state index is -0.563. The molecule has 0 saturated carbocycles. The number of fused-ring (bicyclic) bond motifs is 1. The molecule has 192 valence electrons. The van der Waals surface area contributed by atoms with Crippen LogP contribution in [0.25, 0.3) is 11.3 Å². The fourth-order valence-corrected chi connectivity index (χ4v) is 5.05. The third kappa shape index (κ3) is 4.69. The van der Waals surface area contributed by atoms with Gasteiger partial charge in [-0.1, -0.05) is 12.6 Å². The van der Waals surface area contributed by atoms with Gasteiger partial charge in [-0.15, -0.1) is 0 Å². The van der Waals surface area contributed by atoms with Crippen LogP contribution in [0.4, 0.5) is 4.39 Å². The standard InChI is InChI=1S/C28H29FN4O4/c1-4-26(35)32-14-12-20(16-32)33-23-13-15-31(18(2)34)17-22(23)28(30-33)19-8-10-21(11-9-19)37-25-7-5-6-24(36-3)27(25)29/h4-11,20H,1,12-17H2,2-3H3/t20-/m1/s1. The summed E-state index contributed by atoms with van der Waals surface area (Å²) >= 11 is 0. The molecule has 2 amide bonds. The molecule has 3 aromatic rings. The third-order valence-electron chi connectivity index (χ3n) is 7.03. The SMILES string of the molecule is C=CC(=O)N1CC[C@@H](n2nc(-c3ccc(Oc4cccc(OC)c4F)cc3)c3c2CCN(C(C)=O)C3)C1. The van der Waals surface area contributed by atoms with Gasteiger partial charge in [-0.05, 0) is 48.9 Å². The second kappa shape index (κ2) is 10.1. The molecular weight excluding hydrogens is 475 g/mol. The van der Waals surface area contributed by atoms with Gasteiger partial charge in [0.1, 0.15) is 5.75 Å². The molecule has 1 atom stereocenters. The van der Waals surface area contributed by atoms with Gasteiger partial charge in [0.15, 0.2) is 11.5 Å². The highest BCUT2D eigenvalue weighted by molar-refractivity contribution is 5.87. The highest BCUT2D eigenvalue weighted by Crippen LogP contribution is 2.36. The van der Waals surface area contributed by atoms with Crippen LogP contribution in [0, 0.1) is 5.82 Å². The summed E-state index contributed by atoms with van der Waals surface area (Å²) in [7, 11) is 1.41. The minimum absolute atomic E-state index is 0.0250. The smallest absolute Gasteiger partial charge is 0.246 e. The van der Waals surface area contributed by atoms with Gasteiger partial charge in [0.2, 0.25) is 17.6 Å². The molecule has 3 heterocycles. The first-order valence-electron chi connectivity index (χ1n) is 12.3. The Morgan fingerprint density at radius 2 is 1.86 bits per heavy atom. The summed E-state index contributed by atoms with van der Waals surface area (Å²) in [6.07, 6.45) is 2.85. The lowest BCUT2D eigenvalue weighted by molar-refractivity contribution is -0.129. The molecule has 1 fully saturated rings. The van der Waals surface area contributed by atoms with Gasteiger partial charge in [0.25, 0.3) is 0 Å². The lowest BCUT2D eigenvalue weighted by Gasteiger charge is -2.27. The Bertz CT molecular complexity index is 1350. The fourth-order valence-electron chi connectivity index (χ4n) is 5.05. The maximum absolute atomic E-state index is 14.5. The first-order chi connectivity index (χ1) is 17.9. The minimum Gasteiger partial charge on any atom is -0.494 e. The monoisotopic (exact) mass is 504 g/mol. The third-order valence-corrected chi connectivity index (χ3v) is 7.03. The molecule has 5 rings (SSSR count). The molecule has 8 nitrogen and oxygen atoms in total. The van der Waals surface area contributed by atoms with Crippen LogP contribution in [0.2, 0.25) is 0 Å². The molecular formula is C28H29FN4O4. The predicted molar refractivity (Wildman–Crippen MR) is 136 cm³/mol. The summed E-state index contributed by atoms with van der Waals surface area (Å²) in [5, 5.41) is 5.01. The van der Waals surface area contributed by atoms with Crippen molar-refractivity contribution >= 4 is 11.8 Å². The number of rotatable bonds is 6. The molecule has 37 heavy (non-hydrogen) atoms. The van der Waals surface area contributed by atoms with E-state index in [0.717, 1.165) is 28.9 Å². The largest absolute Gasteiger partial charge is 0.494 e. The second-order valence-corrected chi connectivity index (χ2v) is 9.24. The van der Waals surface area contributed by atoms with Gasteiger partial charge in [0, 0.05) is 56.3 Å². The van der Waals surface area contributed by atoms with E-state index in [4.69, 9.17) is 14.6 Å². The Morgan fingerprint density at radius 3 is 2.57 bits per heavy atom. The van der Waals surface area contributed by atoms with E-state index in [9.17, 15) is 14.0 Å². The van der Waals surface area contributed by atoms with E-state index in [1.807, 2.05) is 17.0 Å². The number of carbonyl (C=O) groups is 2. The molecule has 0 N–H and O–H groups in total. The van der Waals surface area contributed by atoms with Crippen molar-refractivity contribution in [2.45, 2.75) is 32.4 Å². The number of ether oxygens (including phenoxy) is 2. The van der Waals surface area contributed by atoms with Crippen molar-refractivity contribution in [3.8, 4) is 28.5 Å². The van der Waals surface area contributed by atoms with E-state index in [1.165, 1.54) is 19.3 Å². The average molecular weight is 505 g/mol. The number of methoxy groups -OCH3 is 1. The number of aromatic nitrogens is 2. The number of likely N-dealkylation sites (tertiary alicyclic amines) is 1. The van der Waals surface area contributed by atoms with Gasteiger partial charge in [0.05, 0.1) is 18.8 Å². The summed E-state index contributed by atoms with van der Waals surface area (Å²) in [5.41, 5.74) is 3.79. The van der Waals surface area contributed by atoms with Crippen molar-refractivity contribution in [1.29, 1.82) is 0 Å². The van der Waals surface area contributed by atoms with E-state index in [2.05, 4.69) is 11.3 Å². The van der Waals surface area contributed by atoms with Gasteiger partial charge in [-0.25, -0.2) is 0 Å². The maximum atomic E-state index is 14.5. The number of carbonyl (C=O) groups excluding carboxylic acids is 2. The summed E-state index contributed by atoms with van der Waals surface area (Å²) in [6.45, 7) is 7.53. The summed E-state index contributed by atoms with van der Waals surface area (Å²) < 4.78 is 27.4. The van der Waals surface area contributed by atoms with Crippen molar-refractivity contribution in [3.63, 3.8) is 0 Å². The topological polar surface area (TPSA) is 76.9 Å². The first kappa shape index (κ1) is 24.5. The van der Waals surface area contributed by atoms with Crippen molar-refractivity contribution in [1.82, 2.24) is 19.6 Å². The lowest BCUT2D eigenvalue weighted by Crippen LogP contribution is -2.35. The number of halogens is 1. The molecule has 9 heteroatoms. The first-order valence-corrected chi connectivity index (χ1v) is 12.3. The van der Waals surface area contributed by atoms with Crippen LogP contribution in [-0.4, -0.2) is 58.1 Å². The quantitative estimate of drug-likeness (QED) is 0.467. The van der Waals surface area contributed by atoms with Crippen molar-refractivity contribution < 1.29 is 23.5 Å². The van der Waals surface area contributed by atoms with Crippen LogP contribution in [0.1, 0.15) is 30.6 Å². The molecule has 0 unspecified atom stereocenters. The van der Waals surface area contributed by atoms with Crippen LogP contribution in [0.5, 0.6) is 17.2 Å². The van der Waals surface area contributed by atoms with Crippen LogP contribution in [0.15, 0.2) is 55.1 Å². The van der Waals surface area contributed by atoms with Gasteiger partial charge in [-0.3, -0.25) is 14.3 Å². The highest BCUT2D eigenvalue weighted by Gasteiger charge is 2.33. The van der Waals surface area contributed by atoms with Crippen molar-refractivity contribution in [2.24, 2.45) is 0 Å². The molecule has 2 aromatic carbocycles. The maximum Gasteiger partial charge on any atom is 0.246 e. The van der Waals surface area contributed by atoms with Gasteiger partial charge < -0.3 is 19.3 Å². The van der Waals surface area contributed by atoms with E-state index in [0.29, 0.717) is 38.3 Å². The molecule has 0 spiro atoms. The molecule has 0 bridgehead atoms. The summed E-state index contributed by atoms with van der Waals surface area (Å²) in [5.74, 6) is 0.0505. The predicted octanol–water partition coefficient (Wildman–Crippen LogP) is 4.35.